The molecule has 202 valence electrons. The van der Waals surface area contributed by atoms with E-state index in [1.54, 1.807) is 5.06 Å². The van der Waals surface area contributed by atoms with Gasteiger partial charge in [0.15, 0.2) is 17.6 Å². The number of non-ortho nitro benzene ring substituents is 1. The quantitative estimate of drug-likeness (QED) is 0.151. The number of carbonyl (C=O) groups excluding carboxylic acids is 2. The van der Waals surface area contributed by atoms with E-state index in [0.29, 0.717) is 30.4 Å². The molecule has 3 aromatic rings. The lowest BCUT2D eigenvalue weighted by Gasteiger charge is -2.29. The number of unbranched alkanes of at least 4 members (excludes halogenated alkanes) is 1. The molecule has 0 spiro atoms. The highest BCUT2D eigenvalue weighted by Crippen LogP contribution is 2.48. The van der Waals surface area contributed by atoms with E-state index in [1.807, 2.05) is 55.5 Å². The zero-order chi connectivity index (χ0) is 27.5. The summed E-state index contributed by atoms with van der Waals surface area (Å²) in [7, 11) is 0. The zero-order valence-electron chi connectivity index (χ0n) is 21.7. The van der Waals surface area contributed by atoms with Crippen molar-refractivity contribution in [3.63, 3.8) is 0 Å². The number of nitrogens with zero attached hydrogens (tertiary/aromatic N) is 3. The number of rotatable bonds is 10. The van der Waals surface area contributed by atoms with Crippen molar-refractivity contribution in [2.24, 2.45) is 5.92 Å². The van der Waals surface area contributed by atoms with Crippen LogP contribution in [0.5, 0.6) is 11.5 Å². The third kappa shape index (κ3) is 4.90. The molecule has 0 aliphatic carbocycles. The minimum atomic E-state index is -1.06. The van der Waals surface area contributed by atoms with E-state index in [-0.39, 0.29) is 11.4 Å². The predicted molar refractivity (Wildman–Crippen MR) is 144 cm³/mol. The molecular weight excluding hydrogens is 502 g/mol. The molecule has 3 aromatic carbocycles. The fourth-order valence-corrected chi connectivity index (χ4v) is 4.95. The second-order valence-corrected chi connectivity index (χ2v) is 9.28. The Hall–Kier alpha value is -4.44. The SMILES string of the molecule is CCCCOc1ccc([C@@H]2[C@@H]3C(=O)N(c4ccc([N+](=O)[O-])cc4)C(=O)[C@H]3ON2c2ccccc2)cc1OCC. The molecule has 5 rings (SSSR count). The van der Waals surface area contributed by atoms with Gasteiger partial charge < -0.3 is 9.47 Å². The second-order valence-electron chi connectivity index (χ2n) is 9.28. The molecule has 0 N–H and O–H groups in total. The molecule has 39 heavy (non-hydrogen) atoms. The van der Waals surface area contributed by atoms with Crippen LogP contribution >= 0.6 is 0 Å². The third-order valence-corrected chi connectivity index (χ3v) is 6.81. The molecule has 10 heteroatoms. The molecule has 2 saturated heterocycles. The maximum absolute atomic E-state index is 13.8. The first-order valence-electron chi connectivity index (χ1n) is 13.0. The molecule has 2 heterocycles. The number of amides is 2. The van der Waals surface area contributed by atoms with E-state index >= 15 is 0 Å². The Morgan fingerprint density at radius 3 is 2.31 bits per heavy atom. The number of anilines is 2. The van der Waals surface area contributed by atoms with Crippen molar-refractivity contribution in [2.45, 2.75) is 38.8 Å². The fourth-order valence-electron chi connectivity index (χ4n) is 4.95. The van der Waals surface area contributed by atoms with Crippen LogP contribution in [0.4, 0.5) is 17.1 Å². The first-order valence-corrected chi connectivity index (χ1v) is 13.0. The molecule has 0 aromatic heterocycles. The van der Waals surface area contributed by atoms with Crippen LogP contribution in [0.2, 0.25) is 0 Å². The van der Waals surface area contributed by atoms with E-state index in [4.69, 9.17) is 14.3 Å². The summed E-state index contributed by atoms with van der Waals surface area (Å²) in [5, 5.41) is 12.7. The number of hydroxylamine groups is 1. The summed E-state index contributed by atoms with van der Waals surface area (Å²) in [6.45, 7) is 4.95. The summed E-state index contributed by atoms with van der Waals surface area (Å²) >= 11 is 0. The van der Waals surface area contributed by atoms with Gasteiger partial charge >= 0.3 is 0 Å². The number of carbonyl (C=O) groups is 2. The fraction of sp³-hybridized carbons (Fsp3) is 0.310. The Labute approximate surface area is 225 Å². The Morgan fingerprint density at radius 2 is 1.64 bits per heavy atom. The Balaban J connectivity index is 1.53. The van der Waals surface area contributed by atoms with Crippen LogP contribution in [0.25, 0.3) is 0 Å². The van der Waals surface area contributed by atoms with Crippen molar-refractivity contribution >= 4 is 28.9 Å². The lowest BCUT2D eigenvalue weighted by Crippen LogP contribution is -2.37. The topological polar surface area (TPSA) is 111 Å². The first-order chi connectivity index (χ1) is 18.9. The van der Waals surface area contributed by atoms with Crippen LogP contribution in [-0.2, 0) is 14.4 Å². The maximum atomic E-state index is 13.8. The minimum absolute atomic E-state index is 0.132. The largest absolute Gasteiger partial charge is 0.490 e. The van der Waals surface area contributed by atoms with Gasteiger partial charge in [0.25, 0.3) is 11.6 Å². The summed E-state index contributed by atoms with van der Waals surface area (Å²) in [6.07, 6.45) is 0.844. The number of fused-ring (bicyclic) bond motifs is 1. The van der Waals surface area contributed by atoms with E-state index < -0.39 is 34.8 Å². The summed E-state index contributed by atoms with van der Waals surface area (Å²) in [4.78, 5) is 45.1. The van der Waals surface area contributed by atoms with Gasteiger partial charge in [0.05, 0.1) is 35.6 Å². The normalized spacial score (nSPS) is 20.3. The number of hydrogen-bond acceptors (Lipinski definition) is 8. The second kappa shape index (κ2) is 11.1. The molecule has 0 bridgehead atoms. The average molecular weight is 532 g/mol. The molecule has 3 atom stereocenters. The maximum Gasteiger partial charge on any atom is 0.269 e. The van der Waals surface area contributed by atoms with Crippen LogP contribution in [0.1, 0.15) is 38.3 Å². The van der Waals surface area contributed by atoms with Gasteiger partial charge in [0.1, 0.15) is 5.92 Å². The Bertz CT molecular complexity index is 1360. The minimum Gasteiger partial charge on any atom is -0.490 e. The van der Waals surface area contributed by atoms with E-state index in [1.165, 1.54) is 24.3 Å². The zero-order valence-corrected chi connectivity index (χ0v) is 21.7. The Kier molecular flexibility index (Phi) is 7.47. The summed E-state index contributed by atoms with van der Waals surface area (Å²) in [5.74, 6) is -0.659. The van der Waals surface area contributed by atoms with Gasteiger partial charge in [-0.05, 0) is 55.3 Å². The molecule has 10 nitrogen and oxygen atoms in total. The lowest BCUT2D eigenvalue weighted by atomic mass is 9.90. The number of nitro benzene ring substituents is 1. The number of nitro groups is 1. The van der Waals surface area contributed by atoms with Gasteiger partial charge in [-0.1, -0.05) is 37.6 Å². The molecule has 2 amide bonds. The standard InChI is InChI=1S/C29H29N3O7/c1-3-5-17-38-23-16-11-19(18-24(23)37-4-2)26-25-27(39-31(26)21-9-7-6-8-10-21)29(34)30(28(25)33)20-12-14-22(15-13-20)32(35)36/h6-16,18,25-27H,3-5,17H2,1-2H3/t25-,26+,27-/m0/s1. The van der Waals surface area contributed by atoms with Crippen molar-refractivity contribution in [3.05, 3.63) is 88.5 Å². The van der Waals surface area contributed by atoms with Gasteiger partial charge in [0, 0.05) is 12.1 Å². The molecule has 0 unspecified atom stereocenters. The van der Waals surface area contributed by atoms with Crippen molar-refractivity contribution in [1.29, 1.82) is 0 Å². The third-order valence-electron chi connectivity index (χ3n) is 6.81. The smallest absolute Gasteiger partial charge is 0.269 e. The van der Waals surface area contributed by atoms with Crippen LogP contribution in [0.15, 0.2) is 72.8 Å². The number of hydrogen-bond donors (Lipinski definition) is 0. The molecule has 2 fully saturated rings. The highest BCUT2D eigenvalue weighted by atomic mass is 16.7. The number of para-hydroxylation sites is 1. The monoisotopic (exact) mass is 531 g/mol. The highest BCUT2D eigenvalue weighted by Gasteiger charge is 2.60. The highest BCUT2D eigenvalue weighted by molar-refractivity contribution is 6.24. The number of benzene rings is 3. The number of ether oxygens (including phenoxy) is 2. The average Bonchev–Trinajstić information content (AvgIpc) is 3.46. The molecular formula is C29H29N3O7. The van der Waals surface area contributed by atoms with Crippen molar-refractivity contribution in [2.75, 3.05) is 23.2 Å². The van der Waals surface area contributed by atoms with Crippen LogP contribution in [0, 0.1) is 16.0 Å². The van der Waals surface area contributed by atoms with Gasteiger partial charge in [-0.15, -0.1) is 0 Å². The van der Waals surface area contributed by atoms with Crippen LogP contribution < -0.4 is 19.4 Å². The van der Waals surface area contributed by atoms with Crippen molar-refractivity contribution in [3.8, 4) is 11.5 Å². The van der Waals surface area contributed by atoms with Gasteiger partial charge in [0.2, 0.25) is 5.91 Å². The predicted octanol–water partition coefficient (Wildman–Crippen LogP) is 5.22. The Morgan fingerprint density at radius 1 is 0.897 bits per heavy atom. The van der Waals surface area contributed by atoms with Gasteiger partial charge in [-0.2, -0.15) is 0 Å². The molecule has 0 radical (unpaired) electrons. The number of imide groups is 1. The molecule has 2 aliphatic rings. The summed E-state index contributed by atoms with van der Waals surface area (Å²) < 4.78 is 11.8. The van der Waals surface area contributed by atoms with Crippen LogP contribution in [0.3, 0.4) is 0 Å². The van der Waals surface area contributed by atoms with Crippen molar-refractivity contribution in [1.82, 2.24) is 0 Å². The van der Waals surface area contributed by atoms with E-state index in [2.05, 4.69) is 6.92 Å². The van der Waals surface area contributed by atoms with E-state index in [9.17, 15) is 19.7 Å². The lowest BCUT2D eigenvalue weighted by molar-refractivity contribution is -0.384. The van der Waals surface area contributed by atoms with Gasteiger partial charge in [-0.25, -0.2) is 9.96 Å². The summed E-state index contributed by atoms with van der Waals surface area (Å²) in [6, 6.07) is 19.5. The van der Waals surface area contributed by atoms with Gasteiger partial charge in [-0.3, -0.25) is 24.5 Å². The summed E-state index contributed by atoms with van der Waals surface area (Å²) in [5.41, 5.74) is 1.55. The van der Waals surface area contributed by atoms with E-state index in [0.717, 1.165) is 23.3 Å². The molecule has 2 aliphatic heterocycles. The first kappa shape index (κ1) is 26.2. The van der Waals surface area contributed by atoms with Crippen molar-refractivity contribution < 1.29 is 28.8 Å². The van der Waals surface area contributed by atoms with Crippen LogP contribution in [-0.4, -0.2) is 36.1 Å². The molecule has 0 saturated carbocycles.